The molecule has 1 unspecified atom stereocenters. The summed E-state index contributed by atoms with van der Waals surface area (Å²) in [7, 11) is 0. The minimum Gasteiger partial charge on any atom is -0.296 e. The Bertz CT molecular complexity index is 526. The molecule has 0 aliphatic carbocycles. The van der Waals surface area contributed by atoms with Crippen LogP contribution in [0.2, 0.25) is 0 Å². The van der Waals surface area contributed by atoms with E-state index in [9.17, 15) is 0 Å². The summed E-state index contributed by atoms with van der Waals surface area (Å²) in [6.07, 6.45) is 1.23. The lowest BCUT2D eigenvalue weighted by Gasteiger charge is -2.26. The van der Waals surface area contributed by atoms with Crippen LogP contribution in [0, 0.1) is 0 Å². The monoisotopic (exact) mass is 301 g/mol. The van der Waals surface area contributed by atoms with Crippen LogP contribution >= 0.6 is 11.3 Å². The van der Waals surface area contributed by atoms with Crippen molar-refractivity contribution in [2.75, 3.05) is 19.6 Å². The van der Waals surface area contributed by atoms with E-state index in [1.165, 1.54) is 24.2 Å². The topological polar surface area (TPSA) is 19.4 Å². The van der Waals surface area contributed by atoms with Crippen LogP contribution in [0.15, 0.2) is 41.2 Å². The van der Waals surface area contributed by atoms with Crippen LogP contribution < -0.4 is 0 Å². The lowest BCUT2D eigenvalue weighted by atomic mass is 10.1. The summed E-state index contributed by atoms with van der Waals surface area (Å²) in [6, 6.07) is 11.4. The molecular weight excluding hydrogens is 278 g/mol. The molecule has 0 spiro atoms. The molecule has 1 atom stereocenters. The van der Waals surface area contributed by atoms with Gasteiger partial charge in [0.15, 0.2) is 0 Å². The molecule has 0 bridgehead atoms. The van der Waals surface area contributed by atoms with Gasteiger partial charge in [-0.05, 0) is 18.9 Å². The molecule has 1 saturated heterocycles. The Morgan fingerprint density at radius 2 is 2.00 bits per heavy atom. The van der Waals surface area contributed by atoms with Gasteiger partial charge in [-0.1, -0.05) is 30.3 Å². The molecule has 112 valence electrons. The summed E-state index contributed by atoms with van der Waals surface area (Å²) in [6.45, 7) is 7.86. The highest BCUT2D eigenvalue weighted by Gasteiger charge is 2.21. The molecule has 1 aromatic heterocycles. The van der Waals surface area contributed by atoms with Gasteiger partial charge >= 0.3 is 0 Å². The second-order valence-corrected chi connectivity index (χ2v) is 6.57. The van der Waals surface area contributed by atoms with Gasteiger partial charge in [-0.15, -0.1) is 11.3 Å². The molecule has 1 fully saturated rings. The van der Waals surface area contributed by atoms with Crippen LogP contribution in [-0.2, 0) is 13.1 Å². The molecule has 21 heavy (non-hydrogen) atoms. The molecule has 0 amide bonds. The molecule has 0 radical (unpaired) electrons. The zero-order valence-electron chi connectivity index (χ0n) is 12.6. The van der Waals surface area contributed by atoms with Gasteiger partial charge in [-0.25, -0.2) is 4.98 Å². The number of hydrogen-bond acceptors (Lipinski definition) is 4. The summed E-state index contributed by atoms with van der Waals surface area (Å²) in [5.74, 6) is 0. The van der Waals surface area contributed by atoms with Crippen LogP contribution in [0.5, 0.6) is 0 Å². The van der Waals surface area contributed by atoms with Crippen molar-refractivity contribution >= 4 is 11.3 Å². The van der Waals surface area contributed by atoms with Gasteiger partial charge in [-0.2, -0.15) is 0 Å². The molecule has 2 aromatic rings. The Morgan fingerprint density at radius 1 is 1.14 bits per heavy atom. The van der Waals surface area contributed by atoms with E-state index >= 15 is 0 Å². The molecular formula is C17H23N3S. The SMILES string of the molecule is CC1CCN(Cc2cscn2)CCN1Cc1ccccc1. The quantitative estimate of drug-likeness (QED) is 0.864. The highest BCUT2D eigenvalue weighted by molar-refractivity contribution is 7.07. The first-order valence-corrected chi connectivity index (χ1v) is 8.63. The van der Waals surface area contributed by atoms with Crippen LogP contribution in [0.4, 0.5) is 0 Å². The minimum absolute atomic E-state index is 0.644. The Hall–Kier alpha value is -1.23. The summed E-state index contributed by atoms with van der Waals surface area (Å²) < 4.78 is 0. The molecule has 3 nitrogen and oxygen atoms in total. The number of rotatable bonds is 4. The summed E-state index contributed by atoms with van der Waals surface area (Å²) in [5, 5.41) is 2.16. The molecule has 1 aliphatic heterocycles. The molecule has 0 saturated carbocycles. The number of aromatic nitrogens is 1. The molecule has 1 aliphatic rings. The van der Waals surface area contributed by atoms with E-state index < -0.39 is 0 Å². The fraction of sp³-hybridized carbons (Fsp3) is 0.471. The fourth-order valence-electron chi connectivity index (χ4n) is 2.91. The van der Waals surface area contributed by atoms with Crippen molar-refractivity contribution in [3.8, 4) is 0 Å². The highest BCUT2D eigenvalue weighted by atomic mass is 32.1. The Morgan fingerprint density at radius 3 is 2.76 bits per heavy atom. The van der Waals surface area contributed by atoms with E-state index in [0.29, 0.717) is 6.04 Å². The van der Waals surface area contributed by atoms with E-state index in [1.807, 2.05) is 5.51 Å². The van der Waals surface area contributed by atoms with Gasteiger partial charge in [0.05, 0.1) is 11.2 Å². The van der Waals surface area contributed by atoms with Crippen molar-refractivity contribution in [1.82, 2.24) is 14.8 Å². The van der Waals surface area contributed by atoms with E-state index in [4.69, 9.17) is 0 Å². The van der Waals surface area contributed by atoms with Crippen molar-refractivity contribution in [2.24, 2.45) is 0 Å². The molecule has 4 heteroatoms. The first kappa shape index (κ1) is 14.7. The van der Waals surface area contributed by atoms with Crippen molar-refractivity contribution in [3.05, 3.63) is 52.5 Å². The lowest BCUT2D eigenvalue weighted by Crippen LogP contribution is -2.34. The van der Waals surface area contributed by atoms with Gasteiger partial charge in [0.1, 0.15) is 0 Å². The Labute approximate surface area is 131 Å². The van der Waals surface area contributed by atoms with Gasteiger partial charge in [0, 0.05) is 44.1 Å². The standard InChI is InChI=1S/C17H23N3S/c1-15-7-8-19(12-17-13-21-14-18-17)9-10-20(15)11-16-5-3-2-4-6-16/h2-6,13-15H,7-12H2,1H3. The molecule has 2 heterocycles. The normalized spacial score (nSPS) is 21.3. The average Bonchev–Trinajstić information content (AvgIpc) is 2.96. The Balaban J connectivity index is 1.58. The van der Waals surface area contributed by atoms with Gasteiger partial charge in [-0.3, -0.25) is 9.80 Å². The van der Waals surface area contributed by atoms with E-state index in [0.717, 1.165) is 26.2 Å². The maximum absolute atomic E-state index is 4.41. The predicted octanol–water partition coefficient (Wildman–Crippen LogP) is 3.24. The highest BCUT2D eigenvalue weighted by Crippen LogP contribution is 2.16. The van der Waals surface area contributed by atoms with E-state index in [-0.39, 0.29) is 0 Å². The van der Waals surface area contributed by atoms with Gasteiger partial charge < -0.3 is 0 Å². The minimum atomic E-state index is 0.644. The van der Waals surface area contributed by atoms with Gasteiger partial charge in [0.25, 0.3) is 0 Å². The van der Waals surface area contributed by atoms with E-state index in [2.05, 4.69) is 57.4 Å². The van der Waals surface area contributed by atoms with E-state index in [1.54, 1.807) is 11.3 Å². The first-order valence-electron chi connectivity index (χ1n) is 7.68. The number of hydrogen-bond donors (Lipinski definition) is 0. The number of benzene rings is 1. The van der Waals surface area contributed by atoms with Crippen molar-refractivity contribution < 1.29 is 0 Å². The summed E-state index contributed by atoms with van der Waals surface area (Å²) in [5.41, 5.74) is 4.55. The number of thiazole rings is 1. The van der Waals surface area contributed by atoms with Crippen LogP contribution in [0.1, 0.15) is 24.6 Å². The zero-order valence-corrected chi connectivity index (χ0v) is 13.4. The molecule has 0 N–H and O–H groups in total. The third-order valence-corrected chi connectivity index (χ3v) is 4.92. The van der Waals surface area contributed by atoms with Crippen molar-refractivity contribution in [3.63, 3.8) is 0 Å². The Kier molecular flexibility index (Phi) is 5.01. The summed E-state index contributed by atoms with van der Waals surface area (Å²) in [4.78, 5) is 9.56. The van der Waals surface area contributed by atoms with Crippen molar-refractivity contribution in [2.45, 2.75) is 32.5 Å². The van der Waals surface area contributed by atoms with Crippen molar-refractivity contribution in [1.29, 1.82) is 0 Å². The maximum Gasteiger partial charge on any atom is 0.0795 e. The van der Waals surface area contributed by atoms with Crippen LogP contribution in [0.25, 0.3) is 0 Å². The number of nitrogens with zero attached hydrogens (tertiary/aromatic N) is 3. The molecule has 3 rings (SSSR count). The van der Waals surface area contributed by atoms with Crippen LogP contribution in [0.3, 0.4) is 0 Å². The molecule has 1 aromatic carbocycles. The third kappa shape index (κ3) is 4.13. The van der Waals surface area contributed by atoms with Crippen LogP contribution in [-0.4, -0.2) is 40.5 Å². The average molecular weight is 301 g/mol. The maximum atomic E-state index is 4.41. The predicted molar refractivity (Wildman–Crippen MR) is 88.3 cm³/mol. The first-order chi connectivity index (χ1) is 10.3. The zero-order chi connectivity index (χ0) is 14.5. The fourth-order valence-corrected chi connectivity index (χ4v) is 3.46. The smallest absolute Gasteiger partial charge is 0.0795 e. The largest absolute Gasteiger partial charge is 0.296 e. The lowest BCUT2D eigenvalue weighted by molar-refractivity contribution is 0.205. The second-order valence-electron chi connectivity index (χ2n) is 5.85. The summed E-state index contributed by atoms with van der Waals surface area (Å²) >= 11 is 1.69. The second kappa shape index (κ2) is 7.16. The van der Waals surface area contributed by atoms with Gasteiger partial charge in [0.2, 0.25) is 0 Å². The third-order valence-electron chi connectivity index (χ3n) is 4.29.